The lowest BCUT2D eigenvalue weighted by Crippen LogP contribution is -2.47. The van der Waals surface area contributed by atoms with Gasteiger partial charge in [0.1, 0.15) is 0 Å². The first kappa shape index (κ1) is 21.3. The molecule has 2 aromatic rings. The molecule has 162 valence electrons. The molecule has 4 rings (SSSR count). The second kappa shape index (κ2) is 7.96. The van der Waals surface area contributed by atoms with E-state index in [9.17, 15) is 22.8 Å². The second-order valence-corrected chi connectivity index (χ2v) is 8.23. The van der Waals surface area contributed by atoms with Gasteiger partial charge in [-0.3, -0.25) is 9.59 Å². The van der Waals surface area contributed by atoms with Gasteiger partial charge in [0.25, 0.3) is 0 Å². The third-order valence-corrected chi connectivity index (χ3v) is 6.01. The number of hydrogen-bond acceptors (Lipinski definition) is 3. The molecule has 7 heteroatoms. The minimum atomic E-state index is -4.43. The van der Waals surface area contributed by atoms with Gasteiger partial charge in [-0.25, -0.2) is 10.0 Å². The van der Waals surface area contributed by atoms with Crippen molar-refractivity contribution in [2.75, 3.05) is 14.1 Å². The average molecular weight is 428 g/mol. The molecule has 2 aliphatic rings. The SMILES string of the molecule is CN(C)N1C(=O)C[C@H](c2ccc(C(F)(F)F)cc2)C2=C1C[C@H](c1ccccc1)CC2=O. The molecule has 0 saturated carbocycles. The minimum absolute atomic E-state index is 0.0458. The first-order chi connectivity index (χ1) is 14.7. The molecule has 31 heavy (non-hydrogen) atoms. The van der Waals surface area contributed by atoms with Crippen LogP contribution in [0, 0.1) is 0 Å². The number of halogens is 3. The first-order valence-corrected chi connectivity index (χ1v) is 10.2. The average Bonchev–Trinajstić information content (AvgIpc) is 2.72. The highest BCUT2D eigenvalue weighted by atomic mass is 19.4. The molecule has 4 nitrogen and oxygen atoms in total. The van der Waals surface area contributed by atoms with Crippen molar-refractivity contribution in [1.82, 2.24) is 10.0 Å². The van der Waals surface area contributed by atoms with Gasteiger partial charge in [-0.2, -0.15) is 13.2 Å². The molecule has 1 aliphatic heterocycles. The number of nitrogens with zero attached hydrogens (tertiary/aromatic N) is 2. The lowest BCUT2D eigenvalue weighted by Gasteiger charge is -2.42. The number of carbonyl (C=O) groups is 2. The molecule has 2 atom stereocenters. The fourth-order valence-electron chi connectivity index (χ4n) is 4.63. The van der Waals surface area contributed by atoms with Crippen molar-refractivity contribution in [1.29, 1.82) is 0 Å². The quantitative estimate of drug-likeness (QED) is 0.698. The largest absolute Gasteiger partial charge is 0.416 e. The van der Waals surface area contributed by atoms with Crippen molar-refractivity contribution in [3.63, 3.8) is 0 Å². The molecule has 0 spiro atoms. The number of hydrogen-bond donors (Lipinski definition) is 0. The predicted molar refractivity (Wildman–Crippen MR) is 110 cm³/mol. The first-order valence-electron chi connectivity index (χ1n) is 10.2. The summed E-state index contributed by atoms with van der Waals surface area (Å²) in [4.78, 5) is 26.3. The van der Waals surface area contributed by atoms with E-state index in [0.717, 1.165) is 17.7 Å². The zero-order valence-corrected chi connectivity index (χ0v) is 17.3. The van der Waals surface area contributed by atoms with Crippen LogP contribution in [0.25, 0.3) is 0 Å². The van der Waals surface area contributed by atoms with Gasteiger partial charge in [-0.1, -0.05) is 42.5 Å². The van der Waals surface area contributed by atoms with Crippen LogP contribution in [-0.4, -0.2) is 35.8 Å². The van der Waals surface area contributed by atoms with E-state index in [1.54, 1.807) is 24.1 Å². The van der Waals surface area contributed by atoms with Gasteiger partial charge < -0.3 is 0 Å². The molecule has 0 unspecified atom stereocenters. The van der Waals surface area contributed by atoms with E-state index < -0.39 is 17.7 Å². The monoisotopic (exact) mass is 428 g/mol. The number of ketones is 1. The van der Waals surface area contributed by atoms with Crippen molar-refractivity contribution in [2.45, 2.75) is 37.3 Å². The smallest absolute Gasteiger partial charge is 0.294 e. The Kier molecular flexibility index (Phi) is 5.47. The Morgan fingerprint density at radius 1 is 0.871 bits per heavy atom. The number of alkyl halides is 3. The van der Waals surface area contributed by atoms with E-state index in [-0.39, 0.29) is 24.0 Å². The molecular weight excluding hydrogens is 405 g/mol. The van der Waals surface area contributed by atoms with Crippen LogP contribution >= 0.6 is 0 Å². The summed E-state index contributed by atoms with van der Waals surface area (Å²) in [5.41, 5.74) is 2.03. The van der Waals surface area contributed by atoms with Crippen molar-refractivity contribution in [3.8, 4) is 0 Å². The maximum Gasteiger partial charge on any atom is 0.416 e. The molecule has 0 bridgehead atoms. The summed E-state index contributed by atoms with van der Waals surface area (Å²) < 4.78 is 38.9. The number of allylic oxidation sites excluding steroid dienone is 2. The van der Waals surface area contributed by atoms with Gasteiger partial charge >= 0.3 is 6.18 Å². The van der Waals surface area contributed by atoms with E-state index in [4.69, 9.17) is 0 Å². The van der Waals surface area contributed by atoms with Crippen LogP contribution in [0.2, 0.25) is 0 Å². The number of benzene rings is 2. The Balaban J connectivity index is 1.77. The number of carbonyl (C=O) groups excluding carboxylic acids is 2. The van der Waals surface area contributed by atoms with Crippen LogP contribution in [0.4, 0.5) is 13.2 Å². The van der Waals surface area contributed by atoms with Crippen molar-refractivity contribution in [3.05, 3.63) is 82.6 Å². The molecule has 0 aromatic heterocycles. The molecule has 0 radical (unpaired) electrons. The molecule has 1 aliphatic carbocycles. The van der Waals surface area contributed by atoms with E-state index >= 15 is 0 Å². The van der Waals surface area contributed by atoms with Crippen molar-refractivity contribution < 1.29 is 22.8 Å². The maximum absolute atomic E-state index is 13.3. The molecule has 1 amide bonds. The fraction of sp³-hybridized carbons (Fsp3) is 0.333. The molecule has 0 fully saturated rings. The summed E-state index contributed by atoms with van der Waals surface area (Å²) in [6.07, 6.45) is -3.55. The highest BCUT2D eigenvalue weighted by Crippen LogP contribution is 2.46. The van der Waals surface area contributed by atoms with E-state index in [2.05, 4.69) is 0 Å². The van der Waals surface area contributed by atoms with Crippen LogP contribution in [0.15, 0.2) is 65.9 Å². The predicted octanol–water partition coefficient (Wildman–Crippen LogP) is 4.90. The highest BCUT2D eigenvalue weighted by molar-refractivity contribution is 6.02. The van der Waals surface area contributed by atoms with Crippen LogP contribution in [-0.2, 0) is 15.8 Å². The molecule has 0 N–H and O–H groups in total. The maximum atomic E-state index is 13.3. The number of amides is 1. The van der Waals surface area contributed by atoms with E-state index in [1.807, 2.05) is 30.3 Å². The summed E-state index contributed by atoms with van der Waals surface area (Å²) in [5.74, 6) is -0.811. The summed E-state index contributed by atoms with van der Waals surface area (Å²) in [7, 11) is 3.50. The van der Waals surface area contributed by atoms with Gasteiger partial charge in [-0.15, -0.1) is 0 Å². The Morgan fingerprint density at radius 3 is 2.10 bits per heavy atom. The van der Waals surface area contributed by atoms with Crippen LogP contribution in [0.5, 0.6) is 0 Å². The van der Waals surface area contributed by atoms with Gasteiger partial charge in [-0.05, 0) is 35.6 Å². The second-order valence-electron chi connectivity index (χ2n) is 8.23. The zero-order valence-electron chi connectivity index (χ0n) is 17.3. The number of hydrazine groups is 1. The summed E-state index contributed by atoms with van der Waals surface area (Å²) in [5, 5.41) is 3.21. The van der Waals surface area contributed by atoms with Crippen LogP contribution in [0.3, 0.4) is 0 Å². The van der Waals surface area contributed by atoms with Crippen LogP contribution < -0.4 is 0 Å². The molecule has 1 heterocycles. The Morgan fingerprint density at radius 2 is 1.52 bits per heavy atom. The third kappa shape index (κ3) is 4.02. The summed E-state index contributed by atoms with van der Waals surface area (Å²) in [6, 6.07) is 14.5. The minimum Gasteiger partial charge on any atom is -0.294 e. The standard InChI is InChI=1S/C24H23F3N2O2/c1-28(2)29-20-12-17(15-6-4-3-5-7-15)13-21(30)23(20)19(14-22(29)31)16-8-10-18(11-9-16)24(25,26)27/h3-11,17,19H,12-14H2,1-2H3/t17-,19+/m0/s1. The zero-order chi connectivity index (χ0) is 22.3. The molecule has 2 aromatic carbocycles. The highest BCUT2D eigenvalue weighted by Gasteiger charge is 2.43. The van der Waals surface area contributed by atoms with Crippen LogP contribution in [0.1, 0.15) is 47.8 Å². The summed E-state index contributed by atoms with van der Waals surface area (Å²) in [6.45, 7) is 0. The molecule has 0 saturated heterocycles. The lowest BCUT2D eigenvalue weighted by atomic mass is 9.73. The van der Waals surface area contributed by atoms with Crippen molar-refractivity contribution >= 4 is 11.7 Å². The van der Waals surface area contributed by atoms with E-state index in [0.29, 0.717) is 29.7 Å². The Labute approximate surface area is 178 Å². The third-order valence-electron chi connectivity index (χ3n) is 6.01. The van der Waals surface area contributed by atoms with Gasteiger partial charge in [0.05, 0.1) is 5.56 Å². The Bertz CT molecular complexity index is 1030. The fourth-order valence-corrected chi connectivity index (χ4v) is 4.63. The number of rotatable bonds is 3. The Hall–Kier alpha value is -2.93. The van der Waals surface area contributed by atoms with Gasteiger partial charge in [0.15, 0.2) is 5.78 Å². The normalized spacial score (nSPS) is 22.2. The topological polar surface area (TPSA) is 40.6 Å². The summed E-state index contributed by atoms with van der Waals surface area (Å²) >= 11 is 0. The lowest BCUT2D eigenvalue weighted by molar-refractivity contribution is -0.143. The number of Topliss-reactive ketones (excluding diaryl/α,β-unsaturated/α-hetero) is 1. The van der Waals surface area contributed by atoms with E-state index in [1.165, 1.54) is 12.1 Å². The van der Waals surface area contributed by atoms with Crippen molar-refractivity contribution in [2.24, 2.45) is 0 Å². The van der Waals surface area contributed by atoms with Gasteiger partial charge in [0.2, 0.25) is 5.91 Å². The molecular formula is C24H23F3N2O2. The van der Waals surface area contributed by atoms with Gasteiger partial charge in [0, 0.05) is 44.1 Å².